The standard InChI is InChI=1S/C16H20ClNO2S/c17-15-8-7-14(21-15)16(13-2-1-9-20-13)18-10-11-3-5-12(19)6-4-11/h1-2,7-9,11-12,16,18-19H,3-6,10H2. The van der Waals surface area contributed by atoms with Crippen LogP contribution in [0.25, 0.3) is 0 Å². The van der Waals surface area contributed by atoms with E-state index >= 15 is 0 Å². The Kier molecular flexibility index (Phi) is 5.01. The molecule has 0 bridgehead atoms. The fourth-order valence-electron chi connectivity index (χ4n) is 2.91. The van der Waals surface area contributed by atoms with E-state index in [4.69, 9.17) is 16.0 Å². The molecule has 0 aromatic carbocycles. The number of thiophene rings is 1. The Labute approximate surface area is 133 Å². The number of aliphatic hydroxyl groups excluding tert-OH is 1. The van der Waals surface area contributed by atoms with Crippen LogP contribution in [-0.2, 0) is 0 Å². The van der Waals surface area contributed by atoms with Crippen molar-refractivity contribution < 1.29 is 9.52 Å². The zero-order valence-electron chi connectivity index (χ0n) is 11.8. The van der Waals surface area contributed by atoms with Crippen molar-refractivity contribution >= 4 is 22.9 Å². The second-order valence-electron chi connectivity index (χ2n) is 5.67. The maximum absolute atomic E-state index is 9.59. The maximum Gasteiger partial charge on any atom is 0.126 e. The van der Waals surface area contributed by atoms with E-state index < -0.39 is 0 Å². The van der Waals surface area contributed by atoms with Crippen LogP contribution in [0.2, 0.25) is 4.34 Å². The highest BCUT2D eigenvalue weighted by molar-refractivity contribution is 7.16. The molecule has 0 spiro atoms. The lowest BCUT2D eigenvalue weighted by Gasteiger charge is -2.27. The summed E-state index contributed by atoms with van der Waals surface area (Å²) in [5.74, 6) is 1.55. The molecule has 2 N–H and O–H groups in total. The molecule has 0 saturated heterocycles. The van der Waals surface area contributed by atoms with Gasteiger partial charge in [-0.25, -0.2) is 0 Å². The van der Waals surface area contributed by atoms with Crippen LogP contribution in [0, 0.1) is 5.92 Å². The van der Waals surface area contributed by atoms with Crippen LogP contribution < -0.4 is 5.32 Å². The normalized spacial score (nSPS) is 24.1. The summed E-state index contributed by atoms with van der Waals surface area (Å²) < 4.78 is 6.37. The van der Waals surface area contributed by atoms with Crippen molar-refractivity contribution in [2.45, 2.75) is 37.8 Å². The summed E-state index contributed by atoms with van der Waals surface area (Å²) in [7, 11) is 0. The number of furan rings is 1. The number of nitrogens with one attached hydrogen (secondary N) is 1. The fraction of sp³-hybridized carbons (Fsp3) is 0.500. The Balaban J connectivity index is 1.66. The van der Waals surface area contributed by atoms with Crippen molar-refractivity contribution in [3.63, 3.8) is 0 Å². The minimum absolute atomic E-state index is 0.0596. The van der Waals surface area contributed by atoms with Crippen molar-refractivity contribution in [3.05, 3.63) is 45.5 Å². The zero-order chi connectivity index (χ0) is 14.7. The van der Waals surface area contributed by atoms with E-state index in [1.54, 1.807) is 17.6 Å². The first-order valence-electron chi connectivity index (χ1n) is 7.42. The quantitative estimate of drug-likeness (QED) is 0.865. The van der Waals surface area contributed by atoms with Gasteiger partial charge in [-0.1, -0.05) is 11.6 Å². The molecule has 0 radical (unpaired) electrons. The summed E-state index contributed by atoms with van der Waals surface area (Å²) >= 11 is 7.65. The smallest absolute Gasteiger partial charge is 0.126 e. The van der Waals surface area contributed by atoms with Gasteiger partial charge >= 0.3 is 0 Å². The molecule has 114 valence electrons. The molecule has 21 heavy (non-hydrogen) atoms. The lowest BCUT2D eigenvalue weighted by atomic mass is 9.87. The third kappa shape index (κ3) is 3.89. The molecule has 1 unspecified atom stereocenters. The zero-order valence-corrected chi connectivity index (χ0v) is 13.4. The van der Waals surface area contributed by atoms with E-state index in [2.05, 4.69) is 11.4 Å². The van der Waals surface area contributed by atoms with E-state index in [0.29, 0.717) is 5.92 Å². The second-order valence-corrected chi connectivity index (χ2v) is 7.42. The highest BCUT2D eigenvalue weighted by atomic mass is 35.5. The predicted octanol–water partition coefficient (Wildman–Crippen LogP) is 4.22. The molecule has 5 heteroatoms. The Bertz CT molecular complexity index is 546. The molecule has 0 aliphatic heterocycles. The Morgan fingerprint density at radius 1 is 1.29 bits per heavy atom. The van der Waals surface area contributed by atoms with Crippen molar-refractivity contribution in [3.8, 4) is 0 Å². The van der Waals surface area contributed by atoms with Crippen LogP contribution in [0.4, 0.5) is 0 Å². The molecule has 2 aromatic rings. The Morgan fingerprint density at radius 3 is 2.71 bits per heavy atom. The molecule has 2 aromatic heterocycles. The number of halogens is 1. The largest absolute Gasteiger partial charge is 0.467 e. The number of aliphatic hydroxyl groups is 1. The second kappa shape index (κ2) is 6.97. The SMILES string of the molecule is OC1CCC(CNC(c2ccco2)c2ccc(Cl)s2)CC1. The first kappa shape index (κ1) is 15.1. The molecule has 1 aliphatic carbocycles. The van der Waals surface area contributed by atoms with E-state index in [0.717, 1.165) is 42.3 Å². The number of hydrogen-bond acceptors (Lipinski definition) is 4. The van der Waals surface area contributed by atoms with Gasteiger partial charge in [-0.3, -0.25) is 0 Å². The van der Waals surface area contributed by atoms with Gasteiger partial charge < -0.3 is 14.8 Å². The van der Waals surface area contributed by atoms with Gasteiger partial charge in [-0.05, 0) is 62.4 Å². The van der Waals surface area contributed by atoms with Crippen LogP contribution in [0.3, 0.4) is 0 Å². The summed E-state index contributed by atoms with van der Waals surface area (Å²) in [5, 5.41) is 13.2. The van der Waals surface area contributed by atoms with Gasteiger partial charge in [-0.15, -0.1) is 11.3 Å². The van der Waals surface area contributed by atoms with E-state index in [-0.39, 0.29) is 12.1 Å². The molecule has 3 nitrogen and oxygen atoms in total. The van der Waals surface area contributed by atoms with Crippen molar-refractivity contribution in [1.29, 1.82) is 0 Å². The van der Waals surface area contributed by atoms with E-state index in [9.17, 15) is 5.11 Å². The monoisotopic (exact) mass is 325 g/mol. The van der Waals surface area contributed by atoms with Gasteiger partial charge in [0.25, 0.3) is 0 Å². The minimum Gasteiger partial charge on any atom is -0.467 e. The summed E-state index contributed by atoms with van der Waals surface area (Å²) in [4.78, 5) is 1.17. The summed E-state index contributed by atoms with van der Waals surface area (Å²) in [6.45, 7) is 0.938. The van der Waals surface area contributed by atoms with Gasteiger partial charge in [0, 0.05) is 4.88 Å². The topological polar surface area (TPSA) is 45.4 Å². The molecule has 1 saturated carbocycles. The number of hydrogen-bond donors (Lipinski definition) is 2. The maximum atomic E-state index is 9.59. The third-order valence-corrected chi connectivity index (χ3v) is 5.43. The Morgan fingerprint density at radius 2 is 2.10 bits per heavy atom. The average Bonchev–Trinajstić information content (AvgIpc) is 3.13. The molecule has 1 fully saturated rings. The summed E-state index contributed by atoms with van der Waals surface area (Å²) in [6.07, 6.45) is 5.62. The van der Waals surface area contributed by atoms with Crippen molar-refractivity contribution in [2.75, 3.05) is 6.54 Å². The van der Waals surface area contributed by atoms with Crippen molar-refractivity contribution in [2.24, 2.45) is 5.92 Å². The highest BCUT2D eigenvalue weighted by Gasteiger charge is 2.23. The lowest BCUT2D eigenvalue weighted by Crippen LogP contribution is -2.30. The Hall–Kier alpha value is -0.810. The van der Waals surface area contributed by atoms with Crippen LogP contribution >= 0.6 is 22.9 Å². The summed E-state index contributed by atoms with van der Waals surface area (Å²) in [6, 6.07) is 7.95. The molecule has 0 amide bonds. The molecule has 2 heterocycles. The lowest BCUT2D eigenvalue weighted by molar-refractivity contribution is 0.107. The first-order valence-corrected chi connectivity index (χ1v) is 8.62. The first-order chi connectivity index (χ1) is 10.2. The molecule has 1 aliphatic rings. The average molecular weight is 326 g/mol. The van der Waals surface area contributed by atoms with Crippen LogP contribution in [0.5, 0.6) is 0 Å². The van der Waals surface area contributed by atoms with Crippen LogP contribution in [0.1, 0.15) is 42.4 Å². The van der Waals surface area contributed by atoms with E-state index in [1.165, 1.54) is 4.88 Å². The van der Waals surface area contributed by atoms with Gasteiger partial charge in [0.15, 0.2) is 0 Å². The van der Waals surface area contributed by atoms with Gasteiger partial charge in [-0.2, -0.15) is 0 Å². The number of rotatable bonds is 5. The van der Waals surface area contributed by atoms with Gasteiger partial charge in [0.2, 0.25) is 0 Å². The summed E-state index contributed by atoms with van der Waals surface area (Å²) in [5.41, 5.74) is 0. The third-order valence-electron chi connectivity index (χ3n) is 4.13. The van der Waals surface area contributed by atoms with E-state index in [1.807, 2.05) is 18.2 Å². The van der Waals surface area contributed by atoms with Gasteiger partial charge in [0.05, 0.1) is 16.7 Å². The molecular weight excluding hydrogens is 306 g/mol. The fourth-order valence-corrected chi connectivity index (χ4v) is 4.06. The van der Waals surface area contributed by atoms with Crippen LogP contribution in [0.15, 0.2) is 34.9 Å². The molecule has 1 atom stereocenters. The minimum atomic E-state index is -0.0989. The molecular formula is C16H20ClNO2S. The van der Waals surface area contributed by atoms with Gasteiger partial charge in [0.1, 0.15) is 11.8 Å². The highest BCUT2D eigenvalue weighted by Crippen LogP contribution is 2.32. The molecule has 3 rings (SSSR count). The predicted molar refractivity (Wildman–Crippen MR) is 85.8 cm³/mol. The van der Waals surface area contributed by atoms with Crippen molar-refractivity contribution in [1.82, 2.24) is 5.32 Å². The van der Waals surface area contributed by atoms with Crippen LogP contribution in [-0.4, -0.2) is 17.8 Å².